The molecule has 0 spiro atoms. The van der Waals surface area contributed by atoms with Crippen LogP contribution in [0.1, 0.15) is 6.92 Å². The number of rotatable bonds is 5. The highest BCUT2D eigenvalue weighted by Crippen LogP contribution is 2.11. The fourth-order valence-electron chi connectivity index (χ4n) is 0.389. The van der Waals surface area contributed by atoms with Crippen molar-refractivity contribution >= 4 is 31.4 Å². The third kappa shape index (κ3) is 8.65. The predicted octanol–water partition coefficient (Wildman–Crippen LogP) is 1.43. The summed E-state index contributed by atoms with van der Waals surface area (Å²) in [6, 6.07) is 0. The van der Waals surface area contributed by atoms with Crippen LogP contribution in [0.15, 0.2) is 0 Å². The zero-order chi connectivity index (χ0) is 8.04. The first-order valence-electron chi connectivity index (χ1n) is 2.98. The smallest absolute Gasteiger partial charge is 0.198 e. The standard InChI is InChI=1S/C5H12O2S3/c1-3-8-4-5-9-10(2,6)7/h3-5H2,1-2H3. The lowest BCUT2D eigenvalue weighted by Gasteiger charge is -1.95. The molecule has 0 amide bonds. The van der Waals surface area contributed by atoms with Crippen molar-refractivity contribution in [1.29, 1.82) is 0 Å². The van der Waals surface area contributed by atoms with Crippen molar-refractivity contribution in [3.8, 4) is 0 Å². The Morgan fingerprint density at radius 2 is 1.90 bits per heavy atom. The van der Waals surface area contributed by atoms with Crippen LogP contribution in [-0.4, -0.2) is 31.9 Å². The number of hydrogen-bond donors (Lipinski definition) is 0. The molecule has 0 aromatic heterocycles. The first kappa shape index (κ1) is 10.7. The Kier molecular flexibility index (Phi) is 5.67. The molecule has 0 aliphatic carbocycles. The van der Waals surface area contributed by atoms with Crippen LogP contribution in [-0.2, 0) is 8.87 Å². The molecule has 0 unspecified atom stereocenters. The Bertz CT molecular complexity index is 162. The summed E-state index contributed by atoms with van der Waals surface area (Å²) < 4.78 is 21.1. The summed E-state index contributed by atoms with van der Waals surface area (Å²) in [5, 5.41) is 0. The molecule has 0 heterocycles. The lowest BCUT2D eigenvalue weighted by molar-refractivity contribution is 0.615. The Labute approximate surface area is 70.5 Å². The molecule has 10 heavy (non-hydrogen) atoms. The fourth-order valence-corrected chi connectivity index (χ4v) is 3.24. The van der Waals surface area contributed by atoms with Gasteiger partial charge < -0.3 is 0 Å². The van der Waals surface area contributed by atoms with Crippen LogP contribution >= 0.6 is 22.6 Å². The molecule has 0 aromatic carbocycles. The molecule has 0 saturated carbocycles. The van der Waals surface area contributed by atoms with Crippen molar-refractivity contribution in [2.75, 3.05) is 23.5 Å². The van der Waals surface area contributed by atoms with Gasteiger partial charge in [0, 0.05) is 17.8 Å². The largest absolute Gasteiger partial charge is 0.218 e. The van der Waals surface area contributed by atoms with Crippen molar-refractivity contribution in [3.63, 3.8) is 0 Å². The van der Waals surface area contributed by atoms with Gasteiger partial charge in [-0.15, -0.1) is 0 Å². The second-order valence-corrected chi connectivity index (χ2v) is 7.69. The van der Waals surface area contributed by atoms with E-state index in [2.05, 4.69) is 6.92 Å². The molecular formula is C5H12O2S3. The fraction of sp³-hybridized carbons (Fsp3) is 1.00. The molecule has 0 rings (SSSR count). The van der Waals surface area contributed by atoms with E-state index < -0.39 is 8.87 Å². The van der Waals surface area contributed by atoms with Crippen molar-refractivity contribution in [1.82, 2.24) is 0 Å². The molecule has 5 heteroatoms. The molecule has 2 nitrogen and oxygen atoms in total. The summed E-state index contributed by atoms with van der Waals surface area (Å²) in [6.07, 6.45) is 1.24. The van der Waals surface area contributed by atoms with Crippen LogP contribution in [0, 0.1) is 0 Å². The molecular weight excluding hydrogens is 188 g/mol. The highest BCUT2D eigenvalue weighted by Gasteiger charge is 2.00. The summed E-state index contributed by atoms with van der Waals surface area (Å²) in [7, 11) is -1.78. The average molecular weight is 200 g/mol. The molecule has 0 bridgehead atoms. The maximum atomic E-state index is 10.5. The summed E-state index contributed by atoms with van der Waals surface area (Å²) >= 11 is 1.76. The topological polar surface area (TPSA) is 34.1 Å². The predicted molar refractivity (Wildman–Crippen MR) is 50.3 cm³/mol. The lowest BCUT2D eigenvalue weighted by atomic mass is 10.9. The van der Waals surface area contributed by atoms with E-state index in [0.717, 1.165) is 22.3 Å². The Morgan fingerprint density at radius 1 is 1.30 bits per heavy atom. The minimum absolute atomic E-state index is 0.706. The van der Waals surface area contributed by atoms with Crippen LogP contribution in [0.3, 0.4) is 0 Å². The van der Waals surface area contributed by atoms with Gasteiger partial charge >= 0.3 is 0 Å². The first-order chi connectivity index (χ1) is 4.56. The SMILES string of the molecule is CCSCCSS(C)(=O)=O. The zero-order valence-electron chi connectivity index (χ0n) is 6.16. The van der Waals surface area contributed by atoms with Crippen LogP contribution in [0.25, 0.3) is 0 Å². The Hall–Kier alpha value is 0.650. The average Bonchev–Trinajstić information content (AvgIpc) is 1.78. The third-order valence-corrected chi connectivity index (χ3v) is 4.47. The van der Waals surface area contributed by atoms with Crippen LogP contribution in [0.2, 0.25) is 0 Å². The van der Waals surface area contributed by atoms with Crippen molar-refractivity contribution in [2.45, 2.75) is 6.92 Å². The van der Waals surface area contributed by atoms with Gasteiger partial charge in [-0.3, -0.25) is 0 Å². The van der Waals surface area contributed by atoms with E-state index in [9.17, 15) is 8.42 Å². The van der Waals surface area contributed by atoms with Crippen molar-refractivity contribution in [3.05, 3.63) is 0 Å². The normalized spacial score (nSPS) is 11.8. The van der Waals surface area contributed by atoms with E-state index in [1.54, 1.807) is 11.8 Å². The van der Waals surface area contributed by atoms with E-state index in [1.165, 1.54) is 6.26 Å². The van der Waals surface area contributed by atoms with Gasteiger partial charge in [-0.25, -0.2) is 8.42 Å². The van der Waals surface area contributed by atoms with Crippen LogP contribution in [0.4, 0.5) is 0 Å². The van der Waals surface area contributed by atoms with Gasteiger partial charge in [-0.05, 0) is 16.5 Å². The second-order valence-electron chi connectivity index (χ2n) is 1.72. The lowest BCUT2D eigenvalue weighted by Crippen LogP contribution is -1.92. The molecule has 0 aromatic rings. The monoisotopic (exact) mass is 200 g/mol. The van der Waals surface area contributed by atoms with E-state index in [4.69, 9.17) is 0 Å². The first-order valence-corrected chi connectivity index (χ1v) is 7.53. The van der Waals surface area contributed by atoms with E-state index >= 15 is 0 Å². The minimum Gasteiger partial charge on any atom is -0.218 e. The van der Waals surface area contributed by atoms with Gasteiger partial charge in [-0.2, -0.15) is 11.8 Å². The molecule has 0 N–H and O–H groups in total. The van der Waals surface area contributed by atoms with Gasteiger partial charge in [0.1, 0.15) is 0 Å². The maximum absolute atomic E-state index is 10.5. The van der Waals surface area contributed by atoms with Crippen LogP contribution in [0.5, 0.6) is 0 Å². The van der Waals surface area contributed by atoms with E-state index in [0.29, 0.717) is 5.75 Å². The number of hydrogen-bond acceptors (Lipinski definition) is 4. The molecule has 0 aliphatic rings. The molecule has 62 valence electrons. The summed E-state index contributed by atoms with van der Waals surface area (Å²) in [4.78, 5) is 0. The molecule has 0 aliphatic heterocycles. The second kappa shape index (κ2) is 5.32. The van der Waals surface area contributed by atoms with Crippen LogP contribution < -0.4 is 0 Å². The Balaban J connectivity index is 3.21. The minimum atomic E-state index is -2.80. The van der Waals surface area contributed by atoms with E-state index in [1.807, 2.05) is 0 Å². The van der Waals surface area contributed by atoms with E-state index in [-0.39, 0.29) is 0 Å². The zero-order valence-corrected chi connectivity index (χ0v) is 8.61. The third-order valence-electron chi connectivity index (χ3n) is 0.729. The summed E-state index contributed by atoms with van der Waals surface area (Å²) in [5.41, 5.74) is 0. The van der Waals surface area contributed by atoms with Crippen molar-refractivity contribution in [2.24, 2.45) is 0 Å². The van der Waals surface area contributed by atoms with Gasteiger partial charge in [0.15, 0.2) is 8.87 Å². The summed E-state index contributed by atoms with van der Waals surface area (Å²) in [5.74, 6) is 2.69. The number of thioether (sulfide) groups is 1. The highest BCUT2D eigenvalue weighted by atomic mass is 33.1. The van der Waals surface area contributed by atoms with Crippen molar-refractivity contribution < 1.29 is 8.42 Å². The highest BCUT2D eigenvalue weighted by molar-refractivity contribution is 8.71. The maximum Gasteiger partial charge on any atom is 0.198 e. The Morgan fingerprint density at radius 3 is 2.30 bits per heavy atom. The molecule has 0 atom stereocenters. The molecule has 0 fully saturated rings. The van der Waals surface area contributed by atoms with Gasteiger partial charge in [0.05, 0.1) is 0 Å². The van der Waals surface area contributed by atoms with Gasteiger partial charge in [0.25, 0.3) is 0 Å². The van der Waals surface area contributed by atoms with Gasteiger partial charge in [-0.1, -0.05) is 6.92 Å². The van der Waals surface area contributed by atoms with Gasteiger partial charge in [0.2, 0.25) is 0 Å². The quantitative estimate of drug-likeness (QED) is 0.497. The molecule has 0 saturated heterocycles. The molecule has 0 radical (unpaired) electrons. The summed E-state index contributed by atoms with van der Waals surface area (Å²) in [6.45, 7) is 2.07.